The van der Waals surface area contributed by atoms with Crippen molar-refractivity contribution in [3.8, 4) is 6.07 Å². The number of amides is 1. The van der Waals surface area contributed by atoms with Gasteiger partial charge in [-0.2, -0.15) is 5.26 Å². The summed E-state index contributed by atoms with van der Waals surface area (Å²) >= 11 is 0. The number of hydrogen-bond donors (Lipinski definition) is 1. The van der Waals surface area contributed by atoms with Crippen LogP contribution in [-0.2, 0) is 6.42 Å². The normalized spacial score (nSPS) is 24.3. The van der Waals surface area contributed by atoms with Gasteiger partial charge in [0.15, 0.2) is 0 Å². The Bertz CT molecular complexity index is 891. The van der Waals surface area contributed by atoms with Crippen molar-refractivity contribution < 1.29 is 4.79 Å². The van der Waals surface area contributed by atoms with Gasteiger partial charge in [-0.25, -0.2) is 4.98 Å². The van der Waals surface area contributed by atoms with Crippen molar-refractivity contribution in [2.75, 3.05) is 6.54 Å². The number of carbonyl (C=O) groups is 1. The van der Waals surface area contributed by atoms with E-state index in [-0.39, 0.29) is 11.3 Å². The zero-order chi connectivity index (χ0) is 18.0. The molecule has 4 rings (SSSR count). The van der Waals surface area contributed by atoms with Crippen LogP contribution in [0.25, 0.3) is 5.65 Å². The van der Waals surface area contributed by atoms with E-state index in [9.17, 15) is 4.79 Å². The molecule has 1 fully saturated rings. The Morgan fingerprint density at radius 1 is 1.46 bits per heavy atom. The molecule has 2 aliphatic carbocycles. The second kappa shape index (κ2) is 6.95. The van der Waals surface area contributed by atoms with E-state index in [1.807, 2.05) is 28.8 Å². The van der Waals surface area contributed by atoms with Gasteiger partial charge in [0.2, 0.25) is 0 Å². The molecule has 0 saturated heterocycles. The number of rotatable bonds is 5. The summed E-state index contributed by atoms with van der Waals surface area (Å²) in [4.78, 5) is 17.4. The Morgan fingerprint density at radius 2 is 2.38 bits per heavy atom. The molecule has 1 N–H and O–H groups in total. The molecule has 0 spiro atoms. The molecule has 2 aliphatic rings. The van der Waals surface area contributed by atoms with Crippen LogP contribution in [0.1, 0.15) is 54.7 Å². The molecule has 2 aromatic heterocycles. The van der Waals surface area contributed by atoms with Crippen LogP contribution in [0.3, 0.4) is 0 Å². The van der Waals surface area contributed by atoms with Crippen LogP contribution in [-0.4, -0.2) is 21.8 Å². The fourth-order valence-electron chi connectivity index (χ4n) is 4.50. The minimum Gasteiger partial charge on any atom is -0.350 e. The number of hydrogen-bond acceptors (Lipinski definition) is 3. The van der Waals surface area contributed by atoms with Crippen LogP contribution in [0.2, 0.25) is 0 Å². The van der Waals surface area contributed by atoms with Crippen LogP contribution in [0.15, 0.2) is 36.5 Å². The molecule has 1 amide bonds. The molecule has 0 radical (unpaired) electrons. The lowest BCUT2D eigenvalue weighted by Gasteiger charge is -2.42. The Kier molecular flexibility index (Phi) is 4.50. The van der Waals surface area contributed by atoms with E-state index in [0.29, 0.717) is 24.5 Å². The van der Waals surface area contributed by atoms with Crippen LogP contribution >= 0.6 is 0 Å². The smallest absolute Gasteiger partial charge is 0.268 e. The summed E-state index contributed by atoms with van der Waals surface area (Å²) in [5.74, 6) is 0.639. The topological polar surface area (TPSA) is 70.2 Å². The van der Waals surface area contributed by atoms with Crippen molar-refractivity contribution in [2.24, 2.45) is 11.3 Å². The van der Waals surface area contributed by atoms with Crippen molar-refractivity contribution in [1.82, 2.24) is 14.7 Å². The van der Waals surface area contributed by atoms with Crippen molar-refractivity contribution in [3.05, 3.63) is 47.9 Å². The Morgan fingerprint density at radius 3 is 3.27 bits per heavy atom. The van der Waals surface area contributed by atoms with E-state index in [4.69, 9.17) is 5.26 Å². The van der Waals surface area contributed by atoms with Crippen molar-refractivity contribution in [3.63, 3.8) is 0 Å². The summed E-state index contributed by atoms with van der Waals surface area (Å²) in [6.45, 7) is 0.735. The molecule has 0 aliphatic heterocycles. The van der Waals surface area contributed by atoms with Crippen LogP contribution in [0.5, 0.6) is 0 Å². The maximum absolute atomic E-state index is 12.9. The quantitative estimate of drug-likeness (QED) is 0.838. The summed E-state index contributed by atoms with van der Waals surface area (Å²) in [6, 6.07) is 7.73. The summed E-state index contributed by atoms with van der Waals surface area (Å²) < 4.78 is 1.84. The third-order valence-corrected chi connectivity index (χ3v) is 5.83. The molecule has 134 valence electrons. The van der Waals surface area contributed by atoms with E-state index in [0.717, 1.165) is 24.3 Å². The van der Waals surface area contributed by atoms with Gasteiger partial charge >= 0.3 is 0 Å². The molecule has 2 atom stereocenters. The zero-order valence-electron chi connectivity index (χ0n) is 14.9. The predicted octanol–water partition coefficient (Wildman–Crippen LogP) is 3.66. The molecule has 1 saturated carbocycles. The highest BCUT2D eigenvalue weighted by Crippen LogP contribution is 2.45. The first-order chi connectivity index (χ1) is 12.7. The minimum absolute atomic E-state index is 0.0501. The zero-order valence-corrected chi connectivity index (χ0v) is 14.9. The summed E-state index contributed by atoms with van der Waals surface area (Å²) in [5.41, 5.74) is 2.43. The number of aromatic nitrogens is 2. The summed E-state index contributed by atoms with van der Waals surface area (Å²) in [7, 11) is 0. The van der Waals surface area contributed by atoms with Crippen LogP contribution < -0.4 is 5.32 Å². The Hall–Kier alpha value is -2.61. The lowest BCUT2D eigenvalue weighted by Crippen LogP contribution is -2.42. The maximum atomic E-state index is 12.9. The molecular weight excluding hydrogens is 324 g/mol. The van der Waals surface area contributed by atoms with E-state index in [1.54, 1.807) is 0 Å². The first-order valence-corrected chi connectivity index (χ1v) is 9.48. The van der Waals surface area contributed by atoms with Gasteiger partial charge in [-0.15, -0.1) is 0 Å². The van der Waals surface area contributed by atoms with Gasteiger partial charge in [-0.1, -0.05) is 24.6 Å². The van der Waals surface area contributed by atoms with Crippen molar-refractivity contribution in [1.29, 1.82) is 5.26 Å². The largest absolute Gasteiger partial charge is 0.350 e. The Labute approximate surface area is 153 Å². The van der Waals surface area contributed by atoms with Gasteiger partial charge in [0.25, 0.3) is 5.91 Å². The average molecular weight is 348 g/mol. The number of pyridine rings is 1. The van der Waals surface area contributed by atoms with E-state index in [1.165, 1.54) is 25.7 Å². The van der Waals surface area contributed by atoms with Gasteiger partial charge in [-0.05, 0) is 49.1 Å². The van der Waals surface area contributed by atoms with Gasteiger partial charge in [0.1, 0.15) is 11.3 Å². The van der Waals surface area contributed by atoms with Gasteiger partial charge < -0.3 is 5.32 Å². The molecule has 5 heteroatoms. The fourth-order valence-corrected chi connectivity index (χ4v) is 4.50. The van der Waals surface area contributed by atoms with E-state index < -0.39 is 0 Å². The monoisotopic (exact) mass is 348 g/mol. The van der Waals surface area contributed by atoms with Crippen molar-refractivity contribution >= 4 is 11.6 Å². The SMILES string of the molecule is N#CCCc1cn2c(C(=O)NCC34CC=CC(CCC3)C4)cccc2n1. The Balaban J connectivity index is 1.50. The highest BCUT2D eigenvalue weighted by atomic mass is 16.1. The van der Waals surface area contributed by atoms with Gasteiger partial charge in [0, 0.05) is 25.6 Å². The number of aryl methyl sites for hydroxylation is 1. The number of allylic oxidation sites excluding steroid dienone is 2. The first-order valence-electron chi connectivity index (χ1n) is 9.48. The number of nitriles is 1. The molecule has 2 unspecified atom stereocenters. The molecule has 0 aromatic carbocycles. The van der Waals surface area contributed by atoms with E-state index in [2.05, 4.69) is 28.5 Å². The molecule has 2 heterocycles. The predicted molar refractivity (Wildman–Crippen MR) is 99.6 cm³/mol. The van der Waals surface area contributed by atoms with E-state index >= 15 is 0 Å². The maximum Gasteiger partial charge on any atom is 0.268 e. The van der Waals surface area contributed by atoms with Crippen LogP contribution in [0, 0.1) is 22.7 Å². The number of imidazole rings is 1. The highest BCUT2D eigenvalue weighted by molar-refractivity contribution is 5.93. The van der Waals surface area contributed by atoms with Crippen LogP contribution in [0.4, 0.5) is 0 Å². The standard InChI is InChI=1S/C21H24N4O/c22-12-4-7-17-14-25-18(8-1-9-19(25)24-17)20(26)23-15-21-10-2-5-16(13-21)6-3-11-21/h1-2,5,8-9,14,16H,3-4,6-7,10-11,13,15H2,(H,23,26). The minimum atomic E-state index is -0.0501. The second-order valence-electron chi connectivity index (χ2n) is 7.70. The lowest BCUT2D eigenvalue weighted by molar-refractivity contribution is 0.0880. The fraction of sp³-hybridized carbons (Fsp3) is 0.476. The highest BCUT2D eigenvalue weighted by Gasteiger charge is 2.37. The first kappa shape index (κ1) is 16.8. The lowest BCUT2D eigenvalue weighted by atomic mass is 9.65. The number of nitrogens with one attached hydrogen (secondary N) is 1. The number of fused-ring (bicyclic) bond motifs is 3. The van der Waals surface area contributed by atoms with Gasteiger partial charge in [0.05, 0.1) is 11.8 Å². The molecule has 5 nitrogen and oxygen atoms in total. The average Bonchev–Trinajstić information content (AvgIpc) is 3.07. The molecule has 2 bridgehead atoms. The molecule has 2 aromatic rings. The third-order valence-electron chi connectivity index (χ3n) is 5.83. The molecular formula is C21H24N4O. The third kappa shape index (κ3) is 3.24. The summed E-state index contributed by atoms with van der Waals surface area (Å²) in [6.07, 6.45) is 13.6. The number of carbonyl (C=O) groups excluding carboxylic acids is 1. The van der Waals surface area contributed by atoms with Gasteiger partial charge in [-0.3, -0.25) is 9.20 Å². The molecule has 26 heavy (non-hydrogen) atoms. The summed E-state index contributed by atoms with van der Waals surface area (Å²) in [5, 5.41) is 11.9. The van der Waals surface area contributed by atoms with Crippen molar-refractivity contribution in [2.45, 2.75) is 44.9 Å². The second-order valence-corrected chi connectivity index (χ2v) is 7.70. The number of nitrogens with zero attached hydrogens (tertiary/aromatic N) is 3.